The Bertz CT molecular complexity index is 868. The van der Waals surface area contributed by atoms with Crippen molar-refractivity contribution in [3.63, 3.8) is 0 Å². The van der Waals surface area contributed by atoms with Crippen LogP contribution in [0.15, 0.2) is 24.3 Å². The second kappa shape index (κ2) is 15.3. The van der Waals surface area contributed by atoms with Crippen molar-refractivity contribution in [2.75, 3.05) is 21.2 Å². The molecule has 0 aliphatic heterocycles. The molecular weight excluding hydrogens is 458 g/mol. The van der Waals surface area contributed by atoms with Crippen LogP contribution in [0.5, 0.6) is 5.75 Å². The van der Waals surface area contributed by atoms with Gasteiger partial charge in [0.05, 0.1) is 13.0 Å². The molecule has 0 aliphatic rings. The molecule has 202 valence electrons. The van der Waals surface area contributed by atoms with Crippen LogP contribution in [0.1, 0.15) is 71.8 Å². The number of benzene rings is 1. The molecule has 1 rings (SSSR count). The summed E-state index contributed by atoms with van der Waals surface area (Å²) in [4.78, 5) is 54.5. The lowest BCUT2D eigenvalue weighted by atomic mass is 9.96. The lowest BCUT2D eigenvalue weighted by Crippen LogP contribution is -2.57. The van der Waals surface area contributed by atoms with E-state index >= 15 is 0 Å². The maximum Gasteiger partial charge on any atom is 0.246 e. The Kier molecular flexibility index (Phi) is 13.2. The minimum absolute atomic E-state index is 0.121. The number of likely N-dealkylation sites (N-methyl/N-ethyl adjacent to an activating group) is 2. The quantitative estimate of drug-likeness (QED) is 0.274. The van der Waals surface area contributed by atoms with E-state index in [1.807, 2.05) is 26.0 Å². The van der Waals surface area contributed by atoms with Crippen LogP contribution in [-0.2, 0) is 25.6 Å². The molecule has 0 saturated carbocycles. The van der Waals surface area contributed by atoms with Crippen LogP contribution in [0, 0.1) is 11.8 Å². The van der Waals surface area contributed by atoms with E-state index in [1.54, 1.807) is 33.2 Å². The summed E-state index contributed by atoms with van der Waals surface area (Å²) in [6.45, 7) is 7.36. The fourth-order valence-corrected chi connectivity index (χ4v) is 4.43. The summed E-state index contributed by atoms with van der Waals surface area (Å²) in [5.41, 5.74) is 6.41. The number of unbranched alkanes of at least 4 members (excludes halogenated alkanes) is 4. The van der Waals surface area contributed by atoms with Crippen molar-refractivity contribution in [3.05, 3.63) is 29.8 Å². The van der Waals surface area contributed by atoms with E-state index in [9.17, 15) is 19.2 Å². The third kappa shape index (κ3) is 8.95. The van der Waals surface area contributed by atoms with Crippen molar-refractivity contribution in [1.29, 1.82) is 0 Å². The summed E-state index contributed by atoms with van der Waals surface area (Å²) in [5.74, 6) is -1.92. The first-order chi connectivity index (χ1) is 17.0. The summed E-state index contributed by atoms with van der Waals surface area (Å²) >= 11 is 0. The van der Waals surface area contributed by atoms with Crippen LogP contribution >= 0.6 is 0 Å². The monoisotopic (exact) mass is 503 g/mol. The third-order valence-electron chi connectivity index (χ3n) is 6.76. The number of primary amides is 1. The van der Waals surface area contributed by atoms with Crippen LogP contribution in [0.3, 0.4) is 0 Å². The fourth-order valence-electron chi connectivity index (χ4n) is 4.43. The molecule has 1 aromatic rings. The number of rotatable bonds is 16. The van der Waals surface area contributed by atoms with Crippen molar-refractivity contribution in [2.24, 2.45) is 17.6 Å². The van der Waals surface area contributed by atoms with Gasteiger partial charge in [-0.1, -0.05) is 58.6 Å². The molecule has 0 radical (unpaired) electrons. The van der Waals surface area contributed by atoms with Gasteiger partial charge in [0.2, 0.25) is 17.7 Å². The number of nitrogens with zero attached hydrogens (tertiary/aromatic N) is 2. The lowest BCUT2D eigenvalue weighted by molar-refractivity contribution is -0.150. The second-order valence-electron chi connectivity index (χ2n) is 9.91. The molecule has 2 N–H and O–H groups in total. The van der Waals surface area contributed by atoms with Crippen molar-refractivity contribution in [1.82, 2.24) is 9.80 Å². The molecular formula is C28H45N3O5. The van der Waals surface area contributed by atoms with E-state index in [2.05, 4.69) is 6.92 Å². The number of hydrogen-bond acceptors (Lipinski definition) is 5. The van der Waals surface area contributed by atoms with Crippen LogP contribution in [0.4, 0.5) is 0 Å². The number of Topliss-reactive ketones (excluding diaryl/α,β-unsaturated/α-hetero) is 1. The predicted molar refractivity (Wildman–Crippen MR) is 141 cm³/mol. The SMILES string of the molecule is CCCCCCCC(=O)[C@@H](C)C(=O)N(C)[C@H](Cc1ccc(OC)cc1)C(=O)N(C)[C@H](C(N)=O)C(C)C. The number of carbonyl (C=O) groups is 4. The molecule has 0 aromatic heterocycles. The average molecular weight is 504 g/mol. The van der Waals surface area contributed by atoms with Gasteiger partial charge in [-0.3, -0.25) is 19.2 Å². The molecule has 36 heavy (non-hydrogen) atoms. The topological polar surface area (TPSA) is 110 Å². The first-order valence-electron chi connectivity index (χ1n) is 12.9. The van der Waals surface area contributed by atoms with Crippen LogP contribution in [-0.4, -0.2) is 66.6 Å². The largest absolute Gasteiger partial charge is 0.497 e. The van der Waals surface area contributed by atoms with E-state index in [4.69, 9.17) is 10.5 Å². The molecule has 0 bridgehead atoms. The zero-order valence-corrected chi connectivity index (χ0v) is 23.1. The maximum atomic E-state index is 13.6. The molecule has 0 saturated heterocycles. The molecule has 0 fully saturated rings. The Morgan fingerprint density at radius 3 is 1.97 bits per heavy atom. The maximum absolute atomic E-state index is 13.6. The van der Waals surface area contributed by atoms with Gasteiger partial charge in [0.15, 0.2) is 0 Å². The Hall–Kier alpha value is -2.90. The van der Waals surface area contributed by atoms with Crippen molar-refractivity contribution < 1.29 is 23.9 Å². The van der Waals surface area contributed by atoms with E-state index in [0.717, 1.165) is 37.7 Å². The van der Waals surface area contributed by atoms with Crippen LogP contribution in [0.2, 0.25) is 0 Å². The van der Waals surface area contributed by atoms with E-state index < -0.39 is 35.7 Å². The Labute approximate surface area is 216 Å². The smallest absolute Gasteiger partial charge is 0.246 e. The van der Waals surface area contributed by atoms with Gasteiger partial charge in [-0.05, 0) is 37.0 Å². The van der Waals surface area contributed by atoms with Crippen molar-refractivity contribution in [2.45, 2.75) is 84.7 Å². The van der Waals surface area contributed by atoms with E-state index in [0.29, 0.717) is 12.2 Å². The summed E-state index contributed by atoms with van der Waals surface area (Å²) in [6.07, 6.45) is 5.62. The number of carbonyl (C=O) groups excluding carboxylic acids is 4. The number of ether oxygens (including phenoxy) is 1. The Morgan fingerprint density at radius 1 is 0.889 bits per heavy atom. The predicted octanol–water partition coefficient (Wildman–Crippen LogP) is 3.60. The van der Waals surface area contributed by atoms with Crippen LogP contribution in [0.25, 0.3) is 0 Å². The molecule has 0 unspecified atom stereocenters. The molecule has 1 aromatic carbocycles. The highest BCUT2D eigenvalue weighted by Crippen LogP contribution is 2.20. The molecule has 0 heterocycles. The first kappa shape index (κ1) is 31.1. The summed E-state index contributed by atoms with van der Waals surface area (Å²) in [5, 5.41) is 0. The van der Waals surface area contributed by atoms with Gasteiger partial charge in [0, 0.05) is 26.9 Å². The highest BCUT2D eigenvalue weighted by molar-refractivity contribution is 6.02. The van der Waals surface area contributed by atoms with Gasteiger partial charge in [-0.25, -0.2) is 0 Å². The molecule has 3 atom stereocenters. The number of amides is 3. The van der Waals surface area contributed by atoms with Gasteiger partial charge in [0.25, 0.3) is 0 Å². The first-order valence-corrected chi connectivity index (χ1v) is 12.9. The lowest BCUT2D eigenvalue weighted by Gasteiger charge is -2.36. The van der Waals surface area contributed by atoms with Crippen LogP contribution < -0.4 is 10.5 Å². The molecule has 3 amide bonds. The van der Waals surface area contributed by atoms with Gasteiger partial charge in [-0.2, -0.15) is 0 Å². The zero-order chi connectivity index (χ0) is 27.4. The van der Waals surface area contributed by atoms with E-state index in [1.165, 1.54) is 16.8 Å². The van der Waals surface area contributed by atoms with E-state index in [-0.39, 0.29) is 18.1 Å². The molecule has 8 heteroatoms. The minimum Gasteiger partial charge on any atom is -0.497 e. The molecule has 0 aliphatic carbocycles. The molecule has 8 nitrogen and oxygen atoms in total. The number of ketones is 1. The fraction of sp³-hybridized carbons (Fsp3) is 0.643. The summed E-state index contributed by atoms with van der Waals surface area (Å²) in [6, 6.07) is 5.51. The minimum atomic E-state index is -0.906. The zero-order valence-electron chi connectivity index (χ0n) is 23.1. The Morgan fingerprint density at radius 2 is 1.47 bits per heavy atom. The summed E-state index contributed by atoms with van der Waals surface area (Å²) < 4.78 is 5.21. The standard InChI is InChI=1S/C28H45N3O5/c1-8-9-10-11-12-13-24(32)20(4)27(34)30(5)23(18-21-14-16-22(36-7)17-15-21)28(35)31(6)25(19(2)3)26(29)33/h14-17,19-20,23,25H,8-13,18H2,1-7H3,(H2,29,33)/t20-,23-,25+/m1/s1. The highest BCUT2D eigenvalue weighted by Gasteiger charge is 2.37. The highest BCUT2D eigenvalue weighted by atomic mass is 16.5. The van der Waals surface area contributed by atoms with Gasteiger partial charge >= 0.3 is 0 Å². The van der Waals surface area contributed by atoms with Gasteiger partial charge < -0.3 is 20.3 Å². The van der Waals surface area contributed by atoms with Gasteiger partial charge in [0.1, 0.15) is 23.6 Å². The summed E-state index contributed by atoms with van der Waals surface area (Å²) in [7, 11) is 4.64. The average Bonchev–Trinajstić information content (AvgIpc) is 2.85. The van der Waals surface area contributed by atoms with Crippen molar-refractivity contribution in [3.8, 4) is 5.75 Å². The third-order valence-corrected chi connectivity index (χ3v) is 6.76. The Balaban J connectivity index is 3.14. The van der Waals surface area contributed by atoms with Gasteiger partial charge in [-0.15, -0.1) is 0 Å². The number of hydrogen-bond donors (Lipinski definition) is 1. The number of nitrogens with two attached hydrogens (primary N) is 1. The second-order valence-corrected chi connectivity index (χ2v) is 9.91. The number of methoxy groups -OCH3 is 1. The van der Waals surface area contributed by atoms with Crippen molar-refractivity contribution >= 4 is 23.5 Å². The molecule has 0 spiro atoms. The normalized spacial score (nSPS) is 13.6.